The molecule has 0 aliphatic carbocycles. The van der Waals surface area contributed by atoms with Gasteiger partial charge in [0.25, 0.3) is 5.91 Å². The van der Waals surface area contributed by atoms with Gasteiger partial charge in [-0.2, -0.15) is 0 Å². The van der Waals surface area contributed by atoms with E-state index in [4.69, 9.17) is 9.57 Å². The van der Waals surface area contributed by atoms with Gasteiger partial charge in [0, 0.05) is 0 Å². The number of aliphatic hydroxyl groups excluding tert-OH is 1. The number of rotatable bonds is 6. The van der Waals surface area contributed by atoms with Gasteiger partial charge in [-0.05, 0) is 23.3 Å². The number of carbonyl (C=O) groups is 1. The fourth-order valence-corrected chi connectivity index (χ4v) is 2.53. The van der Waals surface area contributed by atoms with Crippen molar-refractivity contribution in [3.8, 4) is 5.75 Å². The van der Waals surface area contributed by atoms with Crippen LogP contribution in [0.1, 0.15) is 17.2 Å². The predicted octanol–water partition coefficient (Wildman–Crippen LogP) is 2.32. The maximum atomic E-state index is 12.1. The number of hydrogen-bond donors (Lipinski definition) is 1. The molecule has 0 bridgehead atoms. The molecule has 1 fully saturated rings. The van der Waals surface area contributed by atoms with Gasteiger partial charge in [0.1, 0.15) is 12.4 Å². The molecule has 1 N–H and O–H groups in total. The monoisotopic (exact) mass is 313 g/mol. The van der Waals surface area contributed by atoms with Crippen molar-refractivity contribution in [1.29, 1.82) is 0 Å². The number of hydrogen-bond acceptors (Lipinski definition) is 4. The molecular formula is C18H19NO4. The Balaban J connectivity index is 1.51. The van der Waals surface area contributed by atoms with Crippen LogP contribution in [0.4, 0.5) is 0 Å². The first-order valence-electron chi connectivity index (χ1n) is 7.49. The van der Waals surface area contributed by atoms with E-state index < -0.39 is 12.0 Å². The van der Waals surface area contributed by atoms with Gasteiger partial charge in [0.2, 0.25) is 0 Å². The molecule has 2 aromatic rings. The Labute approximate surface area is 135 Å². The standard InChI is InChI=1S/C18H19NO4/c1-22-15-9-7-13(8-10-15)12-23-19-11-16(18(19)21)17(20)14-5-3-2-4-6-14/h2-10,16-17,20H,11-12H2,1H3. The maximum absolute atomic E-state index is 12.1. The second kappa shape index (κ2) is 6.81. The Morgan fingerprint density at radius 3 is 2.48 bits per heavy atom. The van der Waals surface area contributed by atoms with Gasteiger partial charge in [-0.1, -0.05) is 42.5 Å². The lowest BCUT2D eigenvalue weighted by Crippen LogP contribution is -2.54. The number of carbonyl (C=O) groups excluding carboxylic acids is 1. The van der Waals surface area contributed by atoms with Gasteiger partial charge < -0.3 is 9.84 Å². The molecule has 5 nitrogen and oxygen atoms in total. The van der Waals surface area contributed by atoms with E-state index in [1.807, 2.05) is 54.6 Å². The molecule has 2 aromatic carbocycles. The van der Waals surface area contributed by atoms with E-state index in [9.17, 15) is 9.90 Å². The van der Waals surface area contributed by atoms with E-state index in [0.717, 1.165) is 16.9 Å². The smallest absolute Gasteiger partial charge is 0.254 e. The second-order valence-electron chi connectivity index (χ2n) is 5.48. The van der Waals surface area contributed by atoms with Crippen LogP contribution in [0.15, 0.2) is 54.6 Å². The Kier molecular flexibility index (Phi) is 4.60. The third kappa shape index (κ3) is 3.36. The topological polar surface area (TPSA) is 59.0 Å². The summed E-state index contributed by atoms with van der Waals surface area (Å²) in [6.07, 6.45) is -0.787. The molecule has 2 atom stereocenters. The summed E-state index contributed by atoms with van der Waals surface area (Å²) in [7, 11) is 1.61. The molecule has 1 aliphatic heterocycles. The summed E-state index contributed by atoms with van der Waals surface area (Å²) >= 11 is 0. The van der Waals surface area contributed by atoms with Gasteiger partial charge in [0.15, 0.2) is 0 Å². The number of nitrogens with zero attached hydrogens (tertiary/aromatic N) is 1. The van der Waals surface area contributed by atoms with E-state index in [1.165, 1.54) is 5.06 Å². The first-order chi connectivity index (χ1) is 11.2. The highest BCUT2D eigenvalue weighted by atomic mass is 16.7. The van der Waals surface area contributed by atoms with Gasteiger partial charge >= 0.3 is 0 Å². The molecule has 23 heavy (non-hydrogen) atoms. The maximum Gasteiger partial charge on any atom is 0.254 e. The van der Waals surface area contributed by atoms with Crippen LogP contribution >= 0.6 is 0 Å². The Hall–Kier alpha value is -2.37. The van der Waals surface area contributed by atoms with Crippen molar-refractivity contribution in [2.45, 2.75) is 12.7 Å². The summed E-state index contributed by atoms with van der Waals surface area (Å²) in [5, 5.41) is 11.6. The number of β-lactam (4-membered cyclic amide) rings is 1. The van der Waals surface area contributed by atoms with Crippen molar-refractivity contribution in [2.24, 2.45) is 5.92 Å². The van der Waals surface area contributed by atoms with Crippen molar-refractivity contribution >= 4 is 5.91 Å². The highest BCUT2D eigenvalue weighted by molar-refractivity contribution is 5.84. The largest absolute Gasteiger partial charge is 0.497 e. The molecule has 0 spiro atoms. The predicted molar refractivity (Wildman–Crippen MR) is 84.4 cm³/mol. The zero-order valence-corrected chi connectivity index (χ0v) is 12.9. The van der Waals surface area contributed by atoms with Crippen molar-refractivity contribution in [3.63, 3.8) is 0 Å². The Morgan fingerprint density at radius 2 is 1.87 bits per heavy atom. The fourth-order valence-electron chi connectivity index (χ4n) is 2.53. The Bertz CT molecular complexity index is 656. The lowest BCUT2D eigenvalue weighted by molar-refractivity contribution is -0.233. The molecular weight excluding hydrogens is 294 g/mol. The average Bonchev–Trinajstić information content (AvgIpc) is 2.61. The fraction of sp³-hybridized carbons (Fsp3) is 0.278. The number of amides is 1. The van der Waals surface area contributed by atoms with Crippen LogP contribution in [0.2, 0.25) is 0 Å². The third-order valence-electron chi connectivity index (χ3n) is 3.99. The van der Waals surface area contributed by atoms with Crippen molar-refractivity contribution in [2.75, 3.05) is 13.7 Å². The third-order valence-corrected chi connectivity index (χ3v) is 3.99. The molecule has 120 valence electrons. The number of benzene rings is 2. The summed E-state index contributed by atoms with van der Waals surface area (Å²) in [6, 6.07) is 16.7. The molecule has 1 saturated heterocycles. The Morgan fingerprint density at radius 1 is 1.17 bits per heavy atom. The van der Waals surface area contributed by atoms with Gasteiger partial charge in [0.05, 0.1) is 25.7 Å². The SMILES string of the molecule is COc1ccc(CON2CC(C(O)c3ccccc3)C2=O)cc1. The number of methoxy groups -OCH3 is 1. The highest BCUT2D eigenvalue weighted by Gasteiger charge is 2.43. The van der Waals surface area contributed by atoms with Crippen LogP contribution in [0.5, 0.6) is 5.75 Å². The van der Waals surface area contributed by atoms with Crippen LogP contribution in [-0.2, 0) is 16.2 Å². The van der Waals surface area contributed by atoms with Crippen molar-refractivity contribution < 1.29 is 19.5 Å². The zero-order valence-electron chi connectivity index (χ0n) is 12.9. The molecule has 0 saturated carbocycles. The van der Waals surface area contributed by atoms with Gasteiger partial charge in [-0.15, -0.1) is 0 Å². The lowest BCUT2D eigenvalue weighted by atomic mass is 9.90. The molecule has 1 amide bonds. The summed E-state index contributed by atoms with van der Waals surface area (Å²) in [6.45, 7) is 0.703. The number of hydroxylamine groups is 2. The number of ether oxygens (including phenoxy) is 1. The van der Waals surface area contributed by atoms with Crippen molar-refractivity contribution in [3.05, 3.63) is 65.7 Å². The van der Waals surface area contributed by atoms with Crippen LogP contribution in [0.25, 0.3) is 0 Å². The van der Waals surface area contributed by atoms with Crippen LogP contribution in [0.3, 0.4) is 0 Å². The lowest BCUT2D eigenvalue weighted by Gasteiger charge is -2.39. The summed E-state index contributed by atoms with van der Waals surface area (Å²) in [5.41, 5.74) is 1.70. The summed E-state index contributed by atoms with van der Waals surface area (Å²) in [5.74, 6) is 0.156. The minimum absolute atomic E-state index is 0.185. The van der Waals surface area contributed by atoms with E-state index >= 15 is 0 Å². The van der Waals surface area contributed by atoms with E-state index in [1.54, 1.807) is 7.11 Å². The minimum Gasteiger partial charge on any atom is -0.497 e. The first kappa shape index (κ1) is 15.5. The quantitative estimate of drug-likeness (QED) is 0.832. The van der Waals surface area contributed by atoms with E-state index in [0.29, 0.717) is 13.2 Å². The molecule has 2 unspecified atom stereocenters. The molecule has 0 radical (unpaired) electrons. The molecule has 1 heterocycles. The van der Waals surface area contributed by atoms with E-state index in [2.05, 4.69) is 0 Å². The molecule has 1 aliphatic rings. The number of aliphatic hydroxyl groups is 1. The van der Waals surface area contributed by atoms with Crippen LogP contribution < -0.4 is 4.74 Å². The molecule has 5 heteroatoms. The average molecular weight is 313 g/mol. The second-order valence-corrected chi connectivity index (χ2v) is 5.48. The normalized spacial score (nSPS) is 18.4. The van der Waals surface area contributed by atoms with E-state index in [-0.39, 0.29) is 5.91 Å². The molecule has 3 rings (SSSR count). The van der Waals surface area contributed by atoms with Crippen molar-refractivity contribution in [1.82, 2.24) is 5.06 Å². The van der Waals surface area contributed by atoms with Crippen LogP contribution in [-0.4, -0.2) is 29.7 Å². The highest BCUT2D eigenvalue weighted by Crippen LogP contribution is 2.31. The molecule has 0 aromatic heterocycles. The first-order valence-corrected chi connectivity index (χ1v) is 7.49. The minimum atomic E-state index is -0.787. The summed E-state index contributed by atoms with van der Waals surface area (Å²) < 4.78 is 5.09. The van der Waals surface area contributed by atoms with Crippen LogP contribution in [0, 0.1) is 5.92 Å². The summed E-state index contributed by atoms with van der Waals surface area (Å²) in [4.78, 5) is 17.6. The van der Waals surface area contributed by atoms with Gasteiger partial charge in [-0.25, -0.2) is 5.06 Å². The zero-order chi connectivity index (χ0) is 16.2. The van der Waals surface area contributed by atoms with Gasteiger partial charge in [-0.3, -0.25) is 9.63 Å².